The number of anilines is 1. The van der Waals surface area contributed by atoms with Crippen molar-refractivity contribution in [2.24, 2.45) is 5.73 Å². The highest BCUT2D eigenvalue weighted by molar-refractivity contribution is 7.14. The molecular weight excluding hydrogens is 284 g/mol. The number of amides is 1. The second-order valence-corrected chi connectivity index (χ2v) is 4.52. The fourth-order valence-corrected chi connectivity index (χ4v) is 2.08. The lowest BCUT2D eigenvalue weighted by atomic mass is 10.2. The van der Waals surface area contributed by atoms with E-state index in [1.165, 1.54) is 6.07 Å². The molecule has 0 saturated carbocycles. The van der Waals surface area contributed by atoms with E-state index in [0.29, 0.717) is 0 Å². The average Bonchev–Trinajstić information content (AvgIpc) is 2.86. The molecular formula is C12H16N2O5S. The van der Waals surface area contributed by atoms with Gasteiger partial charge in [0.15, 0.2) is 6.04 Å². The number of hydrogen-bond donors (Lipinski definition) is 2. The molecule has 1 rings (SSSR count). The molecule has 0 bridgehead atoms. The van der Waals surface area contributed by atoms with Gasteiger partial charge in [-0.2, -0.15) is 0 Å². The number of ether oxygens (including phenoxy) is 2. The molecule has 0 aromatic carbocycles. The maximum Gasteiger partial charge on any atom is 0.341 e. The first kappa shape index (κ1) is 16.1. The molecule has 1 atom stereocenters. The van der Waals surface area contributed by atoms with Gasteiger partial charge in [0.05, 0.1) is 18.8 Å². The summed E-state index contributed by atoms with van der Waals surface area (Å²) in [7, 11) is 0. The number of carbonyl (C=O) groups is 3. The van der Waals surface area contributed by atoms with E-state index >= 15 is 0 Å². The van der Waals surface area contributed by atoms with Gasteiger partial charge in [0.2, 0.25) is 0 Å². The highest BCUT2D eigenvalue weighted by atomic mass is 32.1. The third-order valence-corrected chi connectivity index (χ3v) is 3.05. The van der Waals surface area contributed by atoms with Crippen molar-refractivity contribution in [3.8, 4) is 0 Å². The van der Waals surface area contributed by atoms with E-state index in [2.05, 4.69) is 10.1 Å². The molecule has 3 N–H and O–H groups in total. The molecule has 0 radical (unpaired) electrons. The van der Waals surface area contributed by atoms with Crippen LogP contribution < -0.4 is 11.1 Å². The molecule has 8 heteroatoms. The molecule has 1 amide bonds. The summed E-state index contributed by atoms with van der Waals surface area (Å²) >= 11 is 1.13. The number of nitrogens with two attached hydrogens (primary N) is 1. The number of hydrogen-bond acceptors (Lipinski definition) is 7. The molecule has 1 aromatic rings. The minimum absolute atomic E-state index is 0.132. The number of nitrogens with one attached hydrogen (secondary N) is 1. The standard InChI is InChI=1S/C12H16N2O5S/c1-3-18-11(16)7-5-6-20-10(7)14-9(15)8(13)12(17)19-4-2/h5-6,8H,3-4,13H2,1-2H3,(H,14,15). The normalized spacial score (nSPS) is 11.6. The Kier molecular flexibility index (Phi) is 6.13. The van der Waals surface area contributed by atoms with Crippen molar-refractivity contribution in [2.75, 3.05) is 18.5 Å². The van der Waals surface area contributed by atoms with Gasteiger partial charge < -0.3 is 20.5 Å². The lowest BCUT2D eigenvalue weighted by molar-refractivity contribution is -0.146. The lowest BCUT2D eigenvalue weighted by Gasteiger charge is -2.11. The fraction of sp³-hybridized carbons (Fsp3) is 0.417. The first-order valence-corrected chi connectivity index (χ1v) is 6.86. The Bertz CT molecular complexity index is 500. The van der Waals surface area contributed by atoms with Gasteiger partial charge in [-0.15, -0.1) is 11.3 Å². The molecule has 1 unspecified atom stereocenters. The van der Waals surface area contributed by atoms with E-state index in [4.69, 9.17) is 10.5 Å². The molecule has 1 heterocycles. The predicted molar refractivity (Wildman–Crippen MR) is 73.5 cm³/mol. The summed E-state index contributed by atoms with van der Waals surface area (Å²) in [6.45, 7) is 3.65. The lowest BCUT2D eigenvalue weighted by Crippen LogP contribution is -2.43. The van der Waals surface area contributed by atoms with E-state index in [1.54, 1.807) is 19.2 Å². The SMILES string of the molecule is CCOC(=O)c1ccsc1NC(=O)C(N)C(=O)OCC. The quantitative estimate of drug-likeness (QED) is 0.593. The number of esters is 2. The Morgan fingerprint density at radius 3 is 2.55 bits per heavy atom. The van der Waals surface area contributed by atoms with Crippen molar-refractivity contribution in [1.29, 1.82) is 0 Å². The van der Waals surface area contributed by atoms with Crippen LogP contribution in [0.25, 0.3) is 0 Å². The molecule has 110 valence electrons. The van der Waals surface area contributed by atoms with Crippen molar-refractivity contribution in [1.82, 2.24) is 0 Å². The second kappa shape index (κ2) is 7.61. The molecule has 7 nitrogen and oxygen atoms in total. The topological polar surface area (TPSA) is 108 Å². The van der Waals surface area contributed by atoms with E-state index in [1.807, 2.05) is 0 Å². The Labute approximate surface area is 120 Å². The Balaban J connectivity index is 2.74. The van der Waals surface area contributed by atoms with Gasteiger partial charge >= 0.3 is 11.9 Å². The fourth-order valence-electron chi connectivity index (χ4n) is 1.30. The van der Waals surface area contributed by atoms with Gasteiger partial charge in [-0.05, 0) is 25.3 Å². The minimum Gasteiger partial charge on any atom is -0.464 e. The summed E-state index contributed by atoms with van der Waals surface area (Å²) in [5.41, 5.74) is 5.67. The largest absolute Gasteiger partial charge is 0.464 e. The zero-order valence-corrected chi connectivity index (χ0v) is 12.0. The van der Waals surface area contributed by atoms with Crippen LogP contribution in [0.15, 0.2) is 11.4 Å². The summed E-state index contributed by atoms with van der Waals surface area (Å²) in [6.07, 6.45) is 0. The van der Waals surface area contributed by atoms with E-state index in [-0.39, 0.29) is 23.8 Å². The van der Waals surface area contributed by atoms with Crippen LogP contribution in [0.4, 0.5) is 5.00 Å². The molecule has 0 fully saturated rings. The summed E-state index contributed by atoms with van der Waals surface area (Å²) in [4.78, 5) is 34.7. The Hall–Kier alpha value is -1.93. The minimum atomic E-state index is -1.44. The van der Waals surface area contributed by atoms with Gasteiger partial charge in [0.1, 0.15) is 5.00 Å². The van der Waals surface area contributed by atoms with Crippen LogP contribution in [0.2, 0.25) is 0 Å². The third kappa shape index (κ3) is 4.04. The summed E-state index contributed by atoms with van der Waals surface area (Å²) < 4.78 is 9.50. The van der Waals surface area contributed by atoms with E-state index < -0.39 is 23.9 Å². The van der Waals surface area contributed by atoms with Crippen molar-refractivity contribution >= 4 is 34.2 Å². The molecule has 1 aromatic heterocycles. The van der Waals surface area contributed by atoms with E-state index in [0.717, 1.165) is 11.3 Å². The monoisotopic (exact) mass is 300 g/mol. The van der Waals surface area contributed by atoms with Gasteiger partial charge in [-0.3, -0.25) is 4.79 Å². The highest BCUT2D eigenvalue weighted by Gasteiger charge is 2.25. The number of carbonyl (C=O) groups excluding carboxylic acids is 3. The van der Waals surface area contributed by atoms with Crippen molar-refractivity contribution < 1.29 is 23.9 Å². The Morgan fingerprint density at radius 2 is 1.95 bits per heavy atom. The summed E-state index contributed by atoms with van der Waals surface area (Å²) in [6, 6.07) is 0.0841. The molecule has 0 saturated heterocycles. The molecule has 0 aliphatic heterocycles. The summed E-state index contributed by atoms with van der Waals surface area (Å²) in [5, 5.41) is 4.33. The van der Waals surface area contributed by atoms with Crippen LogP contribution in [-0.2, 0) is 19.1 Å². The highest BCUT2D eigenvalue weighted by Crippen LogP contribution is 2.24. The van der Waals surface area contributed by atoms with Crippen LogP contribution in [0.1, 0.15) is 24.2 Å². The van der Waals surface area contributed by atoms with Crippen molar-refractivity contribution in [2.45, 2.75) is 19.9 Å². The average molecular weight is 300 g/mol. The molecule has 0 aliphatic carbocycles. The smallest absolute Gasteiger partial charge is 0.341 e. The maximum absolute atomic E-state index is 11.8. The summed E-state index contributed by atoms with van der Waals surface area (Å²) in [5.74, 6) is -2.11. The predicted octanol–water partition coefficient (Wildman–Crippen LogP) is 0.754. The van der Waals surface area contributed by atoms with Gasteiger partial charge in [-0.25, -0.2) is 9.59 Å². The Morgan fingerprint density at radius 1 is 1.30 bits per heavy atom. The van der Waals surface area contributed by atoms with Crippen LogP contribution >= 0.6 is 11.3 Å². The zero-order chi connectivity index (χ0) is 15.1. The van der Waals surface area contributed by atoms with Crippen LogP contribution in [-0.4, -0.2) is 37.1 Å². The number of rotatable bonds is 6. The number of thiophene rings is 1. The van der Waals surface area contributed by atoms with E-state index in [9.17, 15) is 14.4 Å². The van der Waals surface area contributed by atoms with Gasteiger partial charge in [0.25, 0.3) is 5.91 Å². The maximum atomic E-state index is 11.8. The van der Waals surface area contributed by atoms with Crippen LogP contribution in [0, 0.1) is 0 Å². The first-order chi connectivity index (χ1) is 9.51. The molecule has 20 heavy (non-hydrogen) atoms. The van der Waals surface area contributed by atoms with Gasteiger partial charge in [-0.1, -0.05) is 0 Å². The first-order valence-electron chi connectivity index (χ1n) is 5.98. The zero-order valence-electron chi connectivity index (χ0n) is 11.2. The van der Waals surface area contributed by atoms with Crippen molar-refractivity contribution in [3.63, 3.8) is 0 Å². The second-order valence-electron chi connectivity index (χ2n) is 3.60. The van der Waals surface area contributed by atoms with Crippen LogP contribution in [0.3, 0.4) is 0 Å². The van der Waals surface area contributed by atoms with Crippen LogP contribution in [0.5, 0.6) is 0 Å². The van der Waals surface area contributed by atoms with Crippen molar-refractivity contribution in [3.05, 3.63) is 17.0 Å². The molecule has 0 aliphatic rings. The van der Waals surface area contributed by atoms with Gasteiger partial charge in [0, 0.05) is 0 Å². The third-order valence-electron chi connectivity index (χ3n) is 2.22. The molecule has 0 spiro atoms.